The maximum atomic E-state index is 12.2. The topological polar surface area (TPSA) is 89.7 Å². The average molecular weight is 485 g/mol. The van der Waals surface area contributed by atoms with E-state index in [0.717, 1.165) is 17.7 Å². The molecule has 0 saturated heterocycles. The molecule has 0 saturated carbocycles. The van der Waals surface area contributed by atoms with Crippen LogP contribution < -0.4 is 4.43 Å². The van der Waals surface area contributed by atoms with Crippen LogP contribution in [0.25, 0.3) is 0 Å². The van der Waals surface area contributed by atoms with E-state index in [4.69, 9.17) is 13.9 Å². The van der Waals surface area contributed by atoms with Crippen molar-refractivity contribution in [2.45, 2.75) is 52.2 Å². The Morgan fingerprint density at radius 1 is 0.971 bits per heavy atom. The first-order valence-corrected chi connectivity index (χ1v) is 14.4. The smallest absolute Gasteiger partial charge is 0.342 e. The highest BCUT2D eigenvalue weighted by molar-refractivity contribution is 6.74. The molecule has 184 valence electrons. The van der Waals surface area contributed by atoms with Crippen LogP contribution in [0.15, 0.2) is 52.7 Å². The Morgan fingerprint density at radius 2 is 1.59 bits per heavy atom. The maximum Gasteiger partial charge on any atom is 0.342 e. The number of hydrogen-bond acceptors (Lipinski definition) is 7. The molecule has 0 heterocycles. The van der Waals surface area contributed by atoms with E-state index in [9.17, 15) is 9.90 Å². The zero-order chi connectivity index (χ0) is 25.2. The third-order valence-electron chi connectivity index (χ3n) is 5.59. The van der Waals surface area contributed by atoms with Gasteiger partial charge >= 0.3 is 5.97 Å². The molecule has 0 atom stereocenters. The average Bonchev–Trinajstić information content (AvgIpc) is 2.77. The summed E-state index contributed by atoms with van der Waals surface area (Å²) < 4.78 is 16.7. The lowest BCUT2D eigenvalue weighted by molar-refractivity contribution is 0.0316. The molecular weight excluding hydrogens is 448 g/mol. The highest BCUT2D eigenvalue weighted by Crippen LogP contribution is 2.37. The minimum absolute atomic E-state index is 0.0701. The first-order valence-electron chi connectivity index (χ1n) is 11.5. The first kappa shape index (κ1) is 27.3. The van der Waals surface area contributed by atoms with Gasteiger partial charge in [-0.3, -0.25) is 0 Å². The summed E-state index contributed by atoms with van der Waals surface area (Å²) in [6, 6.07) is 12.3. The molecule has 0 aliphatic rings. The van der Waals surface area contributed by atoms with Gasteiger partial charge in [0.2, 0.25) is 8.32 Å². The number of ether oxygens (including phenoxy) is 2. The Morgan fingerprint density at radius 3 is 2.21 bits per heavy atom. The molecule has 2 rings (SSSR count). The lowest BCUT2D eigenvalue weighted by atomic mass is 10.1. The van der Waals surface area contributed by atoms with Gasteiger partial charge in [0.25, 0.3) is 0 Å². The van der Waals surface area contributed by atoms with Crippen molar-refractivity contribution in [3.05, 3.63) is 59.2 Å². The summed E-state index contributed by atoms with van der Waals surface area (Å²) in [6.07, 6.45) is 4.04. The summed E-state index contributed by atoms with van der Waals surface area (Å²) in [5.41, 5.74) is 1.57. The monoisotopic (exact) mass is 484 g/mol. The number of phenolic OH excluding ortho intramolecular Hbond substituents is 1. The van der Waals surface area contributed by atoms with Crippen molar-refractivity contribution in [2.75, 3.05) is 19.8 Å². The molecule has 0 spiro atoms. The zero-order valence-corrected chi connectivity index (χ0v) is 22.0. The molecule has 7 nitrogen and oxygen atoms in total. The molecule has 2 aromatic rings. The van der Waals surface area contributed by atoms with Crippen molar-refractivity contribution in [3.8, 4) is 11.5 Å². The molecule has 34 heavy (non-hydrogen) atoms. The van der Waals surface area contributed by atoms with Crippen LogP contribution in [0, 0.1) is 0 Å². The summed E-state index contributed by atoms with van der Waals surface area (Å²) >= 11 is 0. The molecule has 1 N–H and O–H groups in total. The number of nitrogens with zero attached hydrogens (tertiary/aromatic N) is 2. The van der Waals surface area contributed by atoms with E-state index in [1.165, 1.54) is 18.3 Å². The van der Waals surface area contributed by atoms with Crippen molar-refractivity contribution in [1.29, 1.82) is 0 Å². The molecule has 0 fully saturated rings. The fraction of sp³-hybridized carbons (Fsp3) is 0.423. The molecule has 0 amide bonds. The van der Waals surface area contributed by atoms with Crippen LogP contribution in [0.4, 0.5) is 0 Å². The minimum Gasteiger partial charge on any atom is -0.544 e. The fourth-order valence-corrected chi connectivity index (χ4v) is 3.62. The summed E-state index contributed by atoms with van der Waals surface area (Å²) in [4.78, 5) is 12.2. The number of esters is 1. The summed E-state index contributed by atoms with van der Waals surface area (Å²) in [5, 5.41) is 18.2. The van der Waals surface area contributed by atoms with Gasteiger partial charge in [-0.05, 0) is 78.1 Å². The van der Waals surface area contributed by atoms with Crippen LogP contribution in [0.5, 0.6) is 11.5 Å². The largest absolute Gasteiger partial charge is 0.544 e. The van der Waals surface area contributed by atoms with Crippen molar-refractivity contribution in [2.24, 2.45) is 10.2 Å². The van der Waals surface area contributed by atoms with Gasteiger partial charge < -0.3 is 19.0 Å². The second-order valence-corrected chi connectivity index (χ2v) is 14.2. The number of aromatic hydroxyl groups is 1. The van der Waals surface area contributed by atoms with E-state index < -0.39 is 14.3 Å². The molecule has 0 aliphatic carbocycles. The number of rotatable bonds is 11. The minimum atomic E-state index is -1.88. The Bertz CT molecular complexity index is 995. The Kier molecular flexibility index (Phi) is 10.0. The number of hydrogen-bond donors (Lipinski definition) is 1. The van der Waals surface area contributed by atoms with Crippen molar-refractivity contribution >= 4 is 26.7 Å². The van der Waals surface area contributed by atoms with Crippen LogP contribution in [0.2, 0.25) is 18.1 Å². The van der Waals surface area contributed by atoms with Gasteiger partial charge in [-0.1, -0.05) is 27.7 Å². The SMILES string of the molecule is CCCOCCOC(=O)c1cc(/C=N/N=C/c2ccc(O[Si](C)(C)C(C)(C)C)cc2)ccc1O. The van der Waals surface area contributed by atoms with Gasteiger partial charge in [-0.2, -0.15) is 10.2 Å². The first-order chi connectivity index (χ1) is 16.0. The van der Waals surface area contributed by atoms with Crippen LogP contribution in [-0.4, -0.2) is 51.6 Å². The number of phenols is 1. The second-order valence-electron chi connectivity index (χ2n) is 9.45. The molecule has 0 radical (unpaired) electrons. The lowest BCUT2D eigenvalue weighted by Gasteiger charge is -2.36. The van der Waals surface area contributed by atoms with E-state index in [-0.39, 0.29) is 23.0 Å². The van der Waals surface area contributed by atoms with E-state index in [2.05, 4.69) is 44.1 Å². The molecule has 0 bridgehead atoms. The number of carbonyl (C=O) groups is 1. The molecule has 0 aromatic heterocycles. The molecule has 8 heteroatoms. The summed E-state index contributed by atoms with van der Waals surface area (Å²) in [7, 11) is -1.88. The lowest BCUT2D eigenvalue weighted by Crippen LogP contribution is -2.43. The predicted octanol–water partition coefficient (Wildman–Crippen LogP) is 5.81. The van der Waals surface area contributed by atoms with Crippen LogP contribution >= 0.6 is 0 Å². The molecule has 0 aliphatic heterocycles. The van der Waals surface area contributed by atoms with Gasteiger partial charge in [0.05, 0.1) is 19.0 Å². The van der Waals surface area contributed by atoms with Gasteiger partial charge in [-0.25, -0.2) is 4.79 Å². The summed E-state index contributed by atoms with van der Waals surface area (Å²) in [5.74, 6) is 0.0872. The highest BCUT2D eigenvalue weighted by Gasteiger charge is 2.38. The third kappa shape index (κ3) is 8.42. The standard InChI is InChI=1S/C26H36N2O5Si/c1-7-14-31-15-16-32-25(30)23-17-21(10-13-24(23)29)19-28-27-18-20-8-11-22(12-9-20)33-34(5,6)26(2,3)4/h8-13,17-19,29H,7,14-16H2,1-6H3/b27-18+,28-19+. The van der Waals surface area contributed by atoms with E-state index >= 15 is 0 Å². The molecule has 2 aromatic carbocycles. The van der Waals surface area contributed by atoms with Gasteiger partial charge in [0, 0.05) is 6.61 Å². The molecule has 0 unspecified atom stereocenters. The van der Waals surface area contributed by atoms with Crippen LogP contribution in [0.1, 0.15) is 55.6 Å². The maximum absolute atomic E-state index is 12.2. The predicted molar refractivity (Wildman–Crippen MR) is 139 cm³/mol. The highest BCUT2D eigenvalue weighted by atomic mass is 28.4. The van der Waals surface area contributed by atoms with Crippen LogP contribution in [-0.2, 0) is 9.47 Å². The zero-order valence-electron chi connectivity index (χ0n) is 21.0. The van der Waals surface area contributed by atoms with Gasteiger partial charge in [0.15, 0.2) is 0 Å². The Labute approximate surface area is 203 Å². The Balaban J connectivity index is 1.95. The quantitative estimate of drug-likeness (QED) is 0.143. The Hall–Kier alpha value is -2.97. The number of benzene rings is 2. The van der Waals surface area contributed by atoms with Gasteiger partial charge in [-0.15, -0.1) is 0 Å². The fourth-order valence-electron chi connectivity index (χ4n) is 2.58. The molecular formula is C26H36N2O5Si. The van der Waals surface area contributed by atoms with E-state index in [0.29, 0.717) is 18.8 Å². The van der Waals surface area contributed by atoms with Crippen molar-refractivity contribution in [3.63, 3.8) is 0 Å². The van der Waals surface area contributed by atoms with Crippen molar-refractivity contribution in [1.82, 2.24) is 0 Å². The van der Waals surface area contributed by atoms with Crippen LogP contribution in [0.3, 0.4) is 0 Å². The van der Waals surface area contributed by atoms with Gasteiger partial charge in [0.1, 0.15) is 23.7 Å². The normalized spacial score (nSPS) is 12.4. The van der Waals surface area contributed by atoms with E-state index in [1.807, 2.05) is 31.2 Å². The second kappa shape index (κ2) is 12.5. The third-order valence-corrected chi connectivity index (χ3v) is 9.95. The van der Waals surface area contributed by atoms with E-state index in [1.54, 1.807) is 12.3 Å². The van der Waals surface area contributed by atoms with Crippen molar-refractivity contribution < 1.29 is 23.8 Å². The number of carbonyl (C=O) groups excluding carboxylic acids is 1. The summed E-state index contributed by atoms with van der Waals surface area (Å²) in [6.45, 7) is 14.1.